The third-order valence-electron chi connectivity index (χ3n) is 8.25. The quantitative estimate of drug-likeness (QED) is 0.101. The molecule has 1 aromatic heterocycles. The Balaban J connectivity index is 1.16. The van der Waals surface area contributed by atoms with Crippen molar-refractivity contribution >= 4 is 6.09 Å². The standard InChI is InChI=1S/C41H53N3O8/c1-41(2,3)52-40(45)42-20-23-46-25-26-47-24-22-44-21-19-35(43-44)36-27-37(49-29-33-15-9-5-10-16-33)39(50-30-34-17-11-6-12-18-34)38(51-36)31-48-28-32-13-7-4-8-14-32/h4-19,21,36-39H,20,22-31H2,1-3H3,(H,42,45)/t36-,37+,38+,39+/m0/s1. The van der Waals surface area contributed by atoms with Crippen molar-refractivity contribution in [3.8, 4) is 0 Å². The van der Waals surface area contributed by atoms with Crippen molar-refractivity contribution in [1.29, 1.82) is 0 Å². The maximum absolute atomic E-state index is 11.7. The molecule has 2 heterocycles. The van der Waals surface area contributed by atoms with Crippen LogP contribution in [0.15, 0.2) is 103 Å². The van der Waals surface area contributed by atoms with Crippen molar-refractivity contribution < 1.29 is 38.0 Å². The van der Waals surface area contributed by atoms with Gasteiger partial charge in [0.15, 0.2) is 0 Å². The number of carbonyl (C=O) groups excluding carboxylic acids is 1. The van der Waals surface area contributed by atoms with Gasteiger partial charge in [0.1, 0.15) is 23.9 Å². The van der Waals surface area contributed by atoms with Gasteiger partial charge >= 0.3 is 6.09 Å². The fourth-order valence-corrected chi connectivity index (χ4v) is 5.74. The van der Waals surface area contributed by atoms with E-state index in [1.165, 1.54) is 0 Å². The summed E-state index contributed by atoms with van der Waals surface area (Å²) in [6, 6.07) is 32.4. The molecule has 1 aliphatic rings. The van der Waals surface area contributed by atoms with E-state index in [0.717, 1.165) is 22.4 Å². The van der Waals surface area contributed by atoms with Crippen molar-refractivity contribution in [2.45, 2.75) is 83.6 Å². The lowest BCUT2D eigenvalue weighted by Gasteiger charge is -2.41. The zero-order valence-electron chi connectivity index (χ0n) is 30.6. The average molecular weight is 716 g/mol. The maximum Gasteiger partial charge on any atom is 0.407 e. The first kappa shape index (κ1) is 39.1. The van der Waals surface area contributed by atoms with Gasteiger partial charge in [-0.2, -0.15) is 5.10 Å². The van der Waals surface area contributed by atoms with Crippen LogP contribution in [0, 0.1) is 0 Å². The van der Waals surface area contributed by atoms with Gasteiger partial charge in [-0.3, -0.25) is 4.68 Å². The molecule has 0 unspecified atom stereocenters. The molecule has 0 spiro atoms. The van der Waals surface area contributed by atoms with Crippen LogP contribution in [-0.4, -0.2) is 79.4 Å². The van der Waals surface area contributed by atoms with Crippen molar-refractivity contribution in [3.05, 3.63) is 126 Å². The first-order chi connectivity index (χ1) is 25.3. The number of carbonyl (C=O) groups is 1. The van der Waals surface area contributed by atoms with Crippen LogP contribution in [0.3, 0.4) is 0 Å². The molecule has 52 heavy (non-hydrogen) atoms. The Morgan fingerprint density at radius 2 is 1.37 bits per heavy atom. The van der Waals surface area contributed by atoms with E-state index in [2.05, 4.69) is 41.7 Å². The summed E-state index contributed by atoms with van der Waals surface area (Å²) in [7, 11) is 0. The van der Waals surface area contributed by atoms with E-state index in [9.17, 15) is 4.79 Å². The first-order valence-corrected chi connectivity index (χ1v) is 18.1. The molecule has 11 nitrogen and oxygen atoms in total. The molecule has 0 aliphatic carbocycles. The highest BCUT2D eigenvalue weighted by Crippen LogP contribution is 2.35. The average Bonchev–Trinajstić information content (AvgIpc) is 3.62. The van der Waals surface area contributed by atoms with E-state index >= 15 is 0 Å². The summed E-state index contributed by atoms with van der Waals surface area (Å²) < 4.78 is 44.6. The van der Waals surface area contributed by atoms with Crippen LogP contribution in [0.1, 0.15) is 55.7 Å². The molecule has 1 aliphatic heterocycles. The van der Waals surface area contributed by atoms with Crippen LogP contribution in [0.5, 0.6) is 0 Å². The summed E-state index contributed by atoms with van der Waals surface area (Å²) in [5.41, 5.74) is 3.56. The predicted octanol–water partition coefficient (Wildman–Crippen LogP) is 6.66. The van der Waals surface area contributed by atoms with Gasteiger partial charge in [-0.25, -0.2) is 4.79 Å². The number of nitrogens with one attached hydrogen (secondary N) is 1. The van der Waals surface area contributed by atoms with Gasteiger partial charge in [0.05, 0.1) is 71.2 Å². The van der Waals surface area contributed by atoms with Crippen LogP contribution in [0.4, 0.5) is 4.79 Å². The minimum Gasteiger partial charge on any atom is -0.444 e. The minimum atomic E-state index is -0.530. The van der Waals surface area contributed by atoms with Gasteiger partial charge in [0.2, 0.25) is 0 Å². The molecule has 0 radical (unpaired) electrons. The normalized spacial score (nSPS) is 19.0. The third-order valence-corrected chi connectivity index (χ3v) is 8.25. The summed E-state index contributed by atoms with van der Waals surface area (Å²) in [5, 5.41) is 7.53. The highest BCUT2D eigenvalue weighted by atomic mass is 16.6. The topological polar surface area (TPSA) is 112 Å². The molecule has 4 atom stereocenters. The van der Waals surface area contributed by atoms with Crippen LogP contribution < -0.4 is 5.32 Å². The molecule has 1 amide bonds. The zero-order chi connectivity index (χ0) is 36.4. The lowest BCUT2D eigenvalue weighted by Crippen LogP contribution is -2.50. The molecule has 1 N–H and O–H groups in total. The predicted molar refractivity (Wildman–Crippen MR) is 196 cm³/mol. The van der Waals surface area contributed by atoms with Crippen LogP contribution in [-0.2, 0) is 59.5 Å². The number of alkyl carbamates (subject to hydrolysis) is 1. The van der Waals surface area contributed by atoms with E-state index in [-0.39, 0.29) is 24.4 Å². The second-order valence-electron chi connectivity index (χ2n) is 13.7. The molecule has 280 valence electrons. The highest BCUT2D eigenvalue weighted by Gasteiger charge is 2.42. The Morgan fingerprint density at radius 1 is 0.769 bits per heavy atom. The van der Waals surface area contributed by atoms with E-state index in [1.54, 1.807) is 0 Å². The van der Waals surface area contributed by atoms with Gasteiger partial charge in [0.25, 0.3) is 0 Å². The van der Waals surface area contributed by atoms with Gasteiger partial charge in [-0.15, -0.1) is 0 Å². The largest absolute Gasteiger partial charge is 0.444 e. The van der Waals surface area contributed by atoms with Crippen LogP contribution in [0.2, 0.25) is 0 Å². The van der Waals surface area contributed by atoms with Gasteiger partial charge in [-0.1, -0.05) is 91.0 Å². The SMILES string of the molecule is CC(C)(C)OC(=O)NCCOCCOCCn1ccc([C@@H]2C[C@@H](OCc3ccccc3)[C@@H](OCc3ccccc3)[C@@H](COCc3ccccc3)O2)n1. The fraction of sp³-hybridized carbons (Fsp3) is 0.463. The Kier molecular flexibility index (Phi) is 15.7. The Labute approximate surface area is 307 Å². The number of amides is 1. The molecule has 5 rings (SSSR count). The highest BCUT2D eigenvalue weighted by molar-refractivity contribution is 5.67. The molecule has 3 aromatic carbocycles. The second-order valence-corrected chi connectivity index (χ2v) is 13.7. The number of hydrogen-bond donors (Lipinski definition) is 1. The summed E-state index contributed by atoms with van der Waals surface area (Å²) in [6.45, 7) is 9.81. The van der Waals surface area contributed by atoms with Gasteiger partial charge in [0, 0.05) is 19.2 Å². The Bertz CT molecular complexity index is 1570. The first-order valence-electron chi connectivity index (χ1n) is 18.1. The van der Waals surface area contributed by atoms with E-state index in [0.29, 0.717) is 72.4 Å². The van der Waals surface area contributed by atoms with Gasteiger partial charge in [-0.05, 0) is 43.5 Å². The van der Waals surface area contributed by atoms with E-state index < -0.39 is 11.7 Å². The summed E-state index contributed by atoms with van der Waals surface area (Å²) in [5.74, 6) is 0. The molecule has 4 aromatic rings. The van der Waals surface area contributed by atoms with Crippen molar-refractivity contribution in [1.82, 2.24) is 15.1 Å². The lowest BCUT2D eigenvalue weighted by molar-refractivity contribution is -0.223. The molecule has 1 fully saturated rings. The number of hydrogen-bond acceptors (Lipinski definition) is 9. The monoisotopic (exact) mass is 715 g/mol. The Hall–Kier alpha value is -4.10. The van der Waals surface area contributed by atoms with Crippen LogP contribution >= 0.6 is 0 Å². The van der Waals surface area contributed by atoms with Crippen molar-refractivity contribution in [2.24, 2.45) is 0 Å². The zero-order valence-corrected chi connectivity index (χ0v) is 30.6. The lowest BCUT2D eigenvalue weighted by atomic mass is 9.95. The number of nitrogens with zero attached hydrogens (tertiary/aromatic N) is 2. The number of rotatable bonds is 20. The molecule has 1 saturated heterocycles. The van der Waals surface area contributed by atoms with Crippen molar-refractivity contribution in [3.63, 3.8) is 0 Å². The van der Waals surface area contributed by atoms with E-state index in [4.69, 9.17) is 38.3 Å². The summed E-state index contributed by atoms with van der Waals surface area (Å²) >= 11 is 0. The fourth-order valence-electron chi connectivity index (χ4n) is 5.74. The number of aromatic nitrogens is 2. The van der Waals surface area contributed by atoms with E-state index in [1.807, 2.05) is 92.3 Å². The second kappa shape index (κ2) is 20.8. The Morgan fingerprint density at radius 3 is 2.00 bits per heavy atom. The van der Waals surface area contributed by atoms with Crippen molar-refractivity contribution in [2.75, 3.05) is 39.6 Å². The van der Waals surface area contributed by atoms with Crippen LogP contribution in [0.25, 0.3) is 0 Å². The summed E-state index contributed by atoms with van der Waals surface area (Å²) in [6.07, 6.45) is 0.743. The summed E-state index contributed by atoms with van der Waals surface area (Å²) in [4.78, 5) is 11.7. The number of benzene rings is 3. The third kappa shape index (κ3) is 13.8. The minimum absolute atomic E-state index is 0.263. The molecule has 11 heteroatoms. The molecule has 0 saturated carbocycles. The maximum atomic E-state index is 11.7. The number of ether oxygens (including phenoxy) is 7. The molecule has 0 bridgehead atoms. The molecular weight excluding hydrogens is 662 g/mol. The molecular formula is C41H53N3O8. The van der Waals surface area contributed by atoms with Gasteiger partial charge < -0.3 is 38.5 Å². The smallest absolute Gasteiger partial charge is 0.407 e.